The molecule has 2 unspecified atom stereocenters. The van der Waals surface area contributed by atoms with Crippen molar-refractivity contribution < 1.29 is 9.59 Å². The molecule has 2 aromatic carbocycles. The van der Waals surface area contributed by atoms with Crippen molar-refractivity contribution in [1.29, 1.82) is 0 Å². The Hall–Kier alpha value is -2.33. The number of carbonyl (C=O) groups is 2. The predicted octanol–water partition coefficient (Wildman–Crippen LogP) is 3.91. The minimum Gasteiger partial charge on any atom is -0.339 e. The molecule has 2 atom stereocenters. The molecule has 1 aliphatic rings. The minimum atomic E-state index is -0.320. The van der Waals surface area contributed by atoms with Gasteiger partial charge in [0.2, 0.25) is 11.8 Å². The zero-order chi connectivity index (χ0) is 18.0. The largest absolute Gasteiger partial charge is 0.339 e. The average Bonchev–Trinajstić information content (AvgIpc) is 3.03. The second kappa shape index (κ2) is 7.28. The topological polar surface area (TPSA) is 40.6 Å². The maximum absolute atomic E-state index is 12.9. The molecule has 2 amide bonds. The molecule has 1 aliphatic heterocycles. The fourth-order valence-corrected chi connectivity index (χ4v) is 3.30. The Morgan fingerprint density at radius 3 is 2.44 bits per heavy atom. The molecule has 1 saturated heterocycles. The van der Waals surface area contributed by atoms with E-state index in [1.807, 2.05) is 49.4 Å². The summed E-state index contributed by atoms with van der Waals surface area (Å²) in [7, 11) is 1.80. The van der Waals surface area contributed by atoms with E-state index in [4.69, 9.17) is 11.6 Å². The van der Waals surface area contributed by atoms with Crippen molar-refractivity contribution >= 4 is 29.1 Å². The summed E-state index contributed by atoms with van der Waals surface area (Å²) < 4.78 is 0. The van der Waals surface area contributed by atoms with Gasteiger partial charge in [0, 0.05) is 30.7 Å². The van der Waals surface area contributed by atoms with Gasteiger partial charge >= 0.3 is 0 Å². The summed E-state index contributed by atoms with van der Waals surface area (Å²) in [4.78, 5) is 28.6. The number of hydrogen-bond acceptors (Lipinski definition) is 2. The molecule has 2 aromatic rings. The van der Waals surface area contributed by atoms with Gasteiger partial charge in [0.15, 0.2) is 0 Å². The van der Waals surface area contributed by atoms with Crippen LogP contribution in [0.5, 0.6) is 0 Å². The van der Waals surface area contributed by atoms with Crippen molar-refractivity contribution in [2.75, 3.05) is 18.5 Å². The lowest BCUT2D eigenvalue weighted by Crippen LogP contribution is -2.36. The first-order valence-corrected chi connectivity index (χ1v) is 8.72. The molecular formula is C20H21ClN2O2. The van der Waals surface area contributed by atoms with Crippen LogP contribution in [0.25, 0.3) is 0 Å². The fraction of sp³-hybridized carbons (Fsp3) is 0.300. The van der Waals surface area contributed by atoms with E-state index < -0.39 is 0 Å². The lowest BCUT2D eigenvalue weighted by Gasteiger charge is -2.28. The lowest BCUT2D eigenvalue weighted by molar-refractivity contribution is -0.136. The van der Waals surface area contributed by atoms with Crippen LogP contribution in [-0.2, 0) is 9.59 Å². The van der Waals surface area contributed by atoms with Gasteiger partial charge in [0.05, 0.1) is 12.0 Å². The number of benzene rings is 2. The summed E-state index contributed by atoms with van der Waals surface area (Å²) in [5.41, 5.74) is 1.86. The third-order valence-electron chi connectivity index (χ3n) is 4.82. The average molecular weight is 357 g/mol. The maximum Gasteiger partial charge on any atom is 0.228 e. The van der Waals surface area contributed by atoms with E-state index in [0.29, 0.717) is 11.6 Å². The second-order valence-corrected chi connectivity index (χ2v) is 6.85. The molecule has 0 saturated carbocycles. The highest BCUT2D eigenvalue weighted by molar-refractivity contribution is 6.30. The van der Waals surface area contributed by atoms with E-state index >= 15 is 0 Å². The summed E-state index contributed by atoms with van der Waals surface area (Å²) in [6.07, 6.45) is 0.243. The molecule has 0 aromatic heterocycles. The SMILES string of the molecule is CC(c1ccccc1)N(C)C(=O)C1CC(=O)N(c2ccc(Cl)cc2)C1. The Bertz CT molecular complexity index is 761. The molecule has 0 radical (unpaired) electrons. The highest BCUT2D eigenvalue weighted by Crippen LogP contribution is 2.29. The molecular weight excluding hydrogens is 336 g/mol. The monoisotopic (exact) mass is 356 g/mol. The first kappa shape index (κ1) is 17.5. The second-order valence-electron chi connectivity index (χ2n) is 6.42. The van der Waals surface area contributed by atoms with E-state index in [2.05, 4.69) is 0 Å². The van der Waals surface area contributed by atoms with Crippen molar-refractivity contribution in [1.82, 2.24) is 4.90 Å². The van der Waals surface area contributed by atoms with E-state index in [1.54, 1.807) is 29.0 Å². The lowest BCUT2D eigenvalue weighted by atomic mass is 10.0. The maximum atomic E-state index is 12.9. The standard InChI is InChI=1S/C20H21ClN2O2/c1-14(15-6-4-3-5-7-15)22(2)20(25)16-12-19(24)23(13-16)18-10-8-17(21)9-11-18/h3-11,14,16H,12-13H2,1-2H3. The molecule has 1 fully saturated rings. The predicted molar refractivity (Wildman–Crippen MR) is 99.5 cm³/mol. The third kappa shape index (κ3) is 3.69. The zero-order valence-electron chi connectivity index (χ0n) is 14.4. The summed E-state index contributed by atoms with van der Waals surface area (Å²) in [6.45, 7) is 2.41. The minimum absolute atomic E-state index is 0.00108. The Morgan fingerprint density at radius 2 is 1.80 bits per heavy atom. The Labute approximate surface area is 153 Å². The number of hydrogen-bond donors (Lipinski definition) is 0. The van der Waals surface area contributed by atoms with Gasteiger partial charge in [0.1, 0.15) is 0 Å². The number of anilines is 1. The number of amides is 2. The molecule has 0 spiro atoms. The van der Waals surface area contributed by atoms with Gasteiger partial charge in [-0.1, -0.05) is 41.9 Å². The number of rotatable bonds is 4. The van der Waals surface area contributed by atoms with Crippen molar-refractivity contribution in [3.05, 3.63) is 65.2 Å². The highest BCUT2D eigenvalue weighted by Gasteiger charge is 2.37. The van der Waals surface area contributed by atoms with Crippen molar-refractivity contribution in [2.24, 2.45) is 5.92 Å². The number of carbonyl (C=O) groups excluding carboxylic acids is 2. The number of nitrogens with zero attached hydrogens (tertiary/aromatic N) is 2. The van der Waals surface area contributed by atoms with E-state index in [9.17, 15) is 9.59 Å². The van der Waals surface area contributed by atoms with Crippen LogP contribution in [0.15, 0.2) is 54.6 Å². The zero-order valence-corrected chi connectivity index (χ0v) is 15.1. The number of halogens is 1. The molecule has 0 N–H and O–H groups in total. The molecule has 25 heavy (non-hydrogen) atoms. The van der Waals surface area contributed by atoms with E-state index in [1.165, 1.54) is 0 Å². The van der Waals surface area contributed by atoms with Crippen LogP contribution < -0.4 is 4.90 Å². The molecule has 0 bridgehead atoms. The quantitative estimate of drug-likeness (QED) is 0.833. The highest BCUT2D eigenvalue weighted by atomic mass is 35.5. The fourth-order valence-electron chi connectivity index (χ4n) is 3.18. The van der Waals surface area contributed by atoms with Gasteiger partial charge in [0.25, 0.3) is 0 Å². The molecule has 130 valence electrons. The van der Waals surface area contributed by atoms with Gasteiger partial charge in [-0.2, -0.15) is 0 Å². The Morgan fingerprint density at radius 1 is 1.16 bits per heavy atom. The summed E-state index contributed by atoms with van der Waals surface area (Å²) in [5, 5.41) is 0.624. The van der Waals surface area contributed by atoms with E-state index in [0.717, 1.165) is 11.3 Å². The van der Waals surface area contributed by atoms with Crippen LogP contribution in [0, 0.1) is 5.92 Å². The van der Waals surface area contributed by atoms with Crippen LogP contribution >= 0.6 is 11.6 Å². The van der Waals surface area contributed by atoms with Crippen molar-refractivity contribution in [2.45, 2.75) is 19.4 Å². The molecule has 0 aliphatic carbocycles. The third-order valence-corrected chi connectivity index (χ3v) is 5.08. The Kier molecular flexibility index (Phi) is 5.09. The van der Waals surface area contributed by atoms with Crippen LogP contribution in [0.3, 0.4) is 0 Å². The van der Waals surface area contributed by atoms with Crippen LogP contribution in [0.4, 0.5) is 5.69 Å². The summed E-state index contributed by atoms with van der Waals surface area (Å²) >= 11 is 5.90. The van der Waals surface area contributed by atoms with Crippen molar-refractivity contribution in [3.8, 4) is 0 Å². The van der Waals surface area contributed by atoms with Crippen LogP contribution in [0.2, 0.25) is 5.02 Å². The summed E-state index contributed by atoms with van der Waals surface area (Å²) in [6, 6.07) is 17.0. The van der Waals surface area contributed by atoms with Gasteiger partial charge in [-0.25, -0.2) is 0 Å². The van der Waals surface area contributed by atoms with Gasteiger partial charge in [-0.05, 0) is 36.8 Å². The van der Waals surface area contributed by atoms with Crippen molar-refractivity contribution in [3.63, 3.8) is 0 Å². The first-order chi connectivity index (χ1) is 12.0. The molecule has 5 heteroatoms. The molecule has 1 heterocycles. The summed E-state index contributed by atoms with van der Waals surface area (Å²) in [5.74, 6) is -0.345. The first-order valence-electron chi connectivity index (χ1n) is 8.35. The normalized spacial score (nSPS) is 18.3. The smallest absolute Gasteiger partial charge is 0.228 e. The van der Waals surface area contributed by atoms with E-state index in [-0.39, 0.29) is 30.2 Å². The molecule has 4 nitrogen and oxygen atoms in total. The van der Waals surface area contributed by atoms with Gasteiger partial charge < -0.3 is 9.80 Å². The Balaban J connectivity index is 1.71. The van der Waals surface area contributed by atoms with Gasteiger partial charge in [-0.15, -0.1) is 0 Å². The van der Waals surface area contributed by atoms with Crippen LogP contribution in [0.1, 0.15) is 24.9 Å². The molecule has 3 rings (SSSR count). The van der Waals surface area contributed by atoms with Crippen LogP contribution in [-0.4, -0.2) is 30.3 Å². The van der Waals surface area contributed by atoms with Gasteiger partial charge in [-0.3, -0.25) is 9.59 Å².